The number of fused-ring (bicyclic) bond motifs is 3. The molecule has 0 amide bonds. The molecular formula is C23H27NO4S. The molecule has 3 aliphatic rings. The zero-order chi connectivity index (χ0) is 20.1. The van der Waals surface area contributed by atoms with E-state index >= 15 is 0 Å². The number of sulfone groups is 1. The molecule has 3 saturated heterocycles. The Morgan fingerprint density at radius 2 is 1.59 bits per heavy atom. The first-order valence-corrected chi connectivity index (χ1v) is 11.8. The number of ether oxygens (including phenoxy) is 2. The lowest BCUT2D eigenvalue weighted by Crippen LogP contribution is -2.57. The van der Waals surface area contributed by atoms with Gasteiger partial charge in [-0.1, -0.05) is 48.5 Å². The molecule has 2 aromatic rings. The standard InChI is InChI=1S/C23H27NO4S/c1-24-20-12-13-23(27-14-15-28-23)21(24)17-22(20,16-18-8-4-2-5-9-18)29(25,26)19-10-6-3-7-11-19/h2-11,20-21H,12-17H2,1H3/t20-,21-,22?/m1/s1. The van der Waals surface area contributed by atoms with Gasteiger partial charge in [-0.25, -0.2) is 8.42 Å². The Kier molecular flexibility index (Phi) is 4.59. The van der Waals surface area contributed by atoms with Crippen molar-refractivity contribution in [3.8, 4) is 0 Å². The largest absolute Gasteiger partial charge is 0.346 e. The van der Waals surface area contributed by atoms with E-state index in [0.717, 1.165) is 18.4 Å². The summed E-state index contributed by atoms with van der Waals surface area (Å²) in [6.45, 7) is 1.15. The molecule has 0 radical (unpaired) electrons. The highest BCUT2D eigenvalue weighted by Crippen LogP contribution is 2.54. The number of rotatable bonds is 4. The van der Waals surface area contributed by atoms with Gasteiger partial charge < -0.3 is 9.47 Å². The Morgan fingerprint density at radius 3 is 2.24 bits per heavy atom. The lowest BCUT2D eigenvalue weighted by Gasteiger charge is -2.44. The summed E-state index contributed by atoms with van der Waals surface area (Å²) >= 11 is 0. The zero-order valence-corrected chi connectivity index (χ0v) is 17.5. The summed E-state index contributed by atoms with van der Waals surface area (Å²) in [5.41, 5.74) is 1.05. The molecule has 3 aliphatic heterocycles. The van der Waals surface area contributed by atoms with Crippen molar-refractivity contribution >= 4 is 9.84 Å². The topological polar surface area (TPSA) is 55.8 Å². The first-order valence-electron chi connectivity index (χ1n) is 10.3. The third-order valence-electron chi connectivity index (χ3n) is 7.11. The van der Waals surface area contributed by atoms with Crippen LogP contribution in [0.1, 0.15) is 24.8 Å². The lowest BCUT2D eigenvalue weighted by molar-refractivity contribution is -0.215. The van der Waals surface area contributed by atoms with Crippen molar-refractivity contribution in [3.05, 3.63) is 66.2 Å². The average Bonchev–Trinajstić information content (AvgIpc) is 3.27. The number of likely N-dealkylation sites (N-methyl/N-ethyl adjacent to an activating group) is 1. The van der Waals surface area contributed by atoms with Crippen LogP contribution in [0, 0.1) is 0 Å². The molecule has 2 bridgehead atoms. The maximum absolute atomic E-state index is 14.1. The summed E-state index contributed by atoms with van der Waals surface area (Å²) in [7, 11) is -1.55. The van der Waals surface area contributed by atoms with E-state index in [4.69, 9.17) is 9.47 Å². The van der Waals surface area contributed by atoms with E-state index in [1.165, 1.54) is 0 Å². The van der Waals surface area contributed by atoms with Gasteiger partial charge in [-0.05, 0) is 44.0 Å². The number of benzene rings is 2. The molecule has 1 unspecified atom stereocenters. The average molecular weight is 414 g/mol. The highest BCUT2D eigenvalue weighted by Gasteiger charge is 2.67. The van der Waals surface area contributed by atoms with Crippen molar-refractivity contribution in [1.82, 2.24) is 4.90 Å². The number of hydrogen-bond acceptors (Lipinski definition) is 5. The maximum atomic E-state index is 14.1. The van der Waals surface area contributed by atoms with Crippen molar-refractivity contribution in [3.63, 3.8) is 0 Å². The van der Waals surface area contributed by atoms with Gasteiger partial charge in [0.1, 0.15) is 0 Å². The van der Waals surface area contributed by atoms with Crippen molar-refractivity contribution in [2.45, 2.75) is 53.2 Å². The molecular weight excluding hydrogens is 386 g/mol. The van der Waals surface area contributed by atoms with Crippen LogP contribution >= 0.6 is 0 Å². The SMILES string of the molecule is CN1[C@@H]2CC(Cc3ccccc3)(S(=O)(=O)c3ccccc3)[C@H]1CCC21OCCO1. The minimum Gasteiger partial charge on any atom is -0.346 e. The van der Waals surface area contributed by atoms with E-state index in [9.17, 15) is 8.42 Å². The molecule has 0 aromatic heterocycles. The summed E-state index contributed by atoms with van der Waals surface area (Å²) in [6, 6.07) is 18.8. The molecule has 5 rings (SSSR count). The Bertz CT molecular complexity index is 972. The van der Waals surface area contributed by atoms with Gasteiger partial charge in [-0.2, -0.15) is 0 Å². The van der Waals surface area contributed by atoms with Gasteiger partial charge in [0, 0.05) is 12.5 Å². The predicted octanol–water partition coefficient (Wildman–Crippen LogP) is 3.05. The summed E-state index contributed by atoms with van der Waals surface area (Å²) in [5, 5.41) is 0. The van der Waals surface area contributed by atoms with E-state index < -0.39 is 20.4 Å². The summed E-state index contributed by atoms with van der Waals surface area (Å²) in [5.74, 6) is -0.671. The van der Waals surface area contributed by atoms with Crippen LogP contribution in [0.4, 0.5) is 0 Å². The number of hydrogen-bond donors (Lipinski definition) is 0. The fourth-order valence-corrected chi connectivity index (χ4v) is 8.15. The van der Waals surface area contributed by atoms with E-state index in [1.807, 2.05) is 43.4 Å². The van der Waals surface area contributed by atoms with Crippen LogP contribution in [0.25, 0.3) is 0 Å². The Balaban J connectivity index is 1.64. The van der Waals surface area contributed by atoms with Crippen molar-refractivity contribution in [1.29, 1.82) is 0 Å². The van der Waals surface area contributed by atoms with Gasteiger partial charge in [0.25, 0.3) is 0 Å². The second-order valence-corrected chi connectivity index (χ2v) is 10.8. The lowest BCUT2D eigenvalue weighted by atomic mass is 9.90. The first kappa shape index (κ1) is 19.2. The van der Waals surface area contributed by atoms with Gasteiger partial charge in [-0.3, -0.25) is 4.90 Å². The molecule has 29 heavy (non-hydrogen) atoms. The Labute approximate surface area is 172 Å². The van der Waals surface area contributed by atoms with Gasteiger partial charge in [0.05, 0.1) is 28.9 Å². The highest BCUT2D eigenvalue weighted by atomic mass is 32.2. The summed E-state index contributed by atoms with van der Waals surface area (Å²) < 4.78 is 39.5. The van der Waals surface area contributed by atoms with E-state index in [-0.39, 0.29) is 12.1 Å². The van der Waals surface area contributed by atoms with Crippen LogP contribution in [0.5, 0.6) is 0 Å². The Morgan fingerprint density at radius 1 is 0.966 bits per heavy atom. The maximum Gasteiger partial charge on any atom is 0.186 e. The van der Waals surface area contributed by atoms with Gasteiger partial charge in [0.2, 0.25) is 0 Å². The quantitative estimate of drug-likeness (QED) is 0.771. The minimum absolute atomic E-state index is 0.0639. The molecule has 154 valence electrons. The summed E-state index contributed by atoms with van der Waals surface area (Å²) in [4.78, 5) is 2.62. The number of piperidine rings is 1. The number of nitrogens with zero attached hydrogens (tertiary/aromatic N) is 1. The second kappa shape index (κ2) is 6.91. The molecule has 5 nitrogen and oxygen atoms in total. The van der Waals surface area contributed by atoms with Crippen molar-refractivity contribution in [2.24, 2.45) is 0 Å². The van der Waals surface area contributed by atoms with Crippen LogP contribution in [0.3, 0.4) is 0 Å². The highest BCUT2D eigenvalue weighted by molar-refractivity contribution is 7.93. The third kappa shape index (κ3) is 2.81. The normalized spacial score (nSPS) is 31.3. The van der Waals surface area contributed by atoms with Crippen LogP contribution < -0.4 is 0 Å². The smallest absolute Gasteiger partial charge is 0.186 e. The molecule has 6 heteroatoms. The zero-order valence-electron chi connectivity index (χ0n) is 16.7. The molecule has 3 fully saturated rings. The first-order chi connectivity index (χ1) is 14.0. The summed E-state index contributed by atoms with van der Waals surface area (Å²) in [6.07, 6.45) is 2.49. The van der Waals surface area contributed by atoms with Gasteiger partial charge in [0.15, 0.2) is 15.6 Å². The molecule has 0 saturated carbocycles. The van der Waals surface area contributed by atoms with Gasteiger partial charge in [-0.15, -0.1) is 0 Å². The van der Waals surface area contributed by atoms with Crippen molar-refractivity contribution in [2.75, 3.05) is 20.3 Å². The third-order valence-corrected chi connectivity index (χ3v) is 9.66. The minimum atomic E-state index is -3.58. The molecule has 0 aliphatic carbocycles. The molecule has 3 heterocycles. The molecule has 3 atom stereocenters. The van der Waals surface area contributed by atoms with Crippen LogP contribution in [-0.2, 0) is 25.7 Å². The monoisotopic (exact) mass is 413 g/mol. The molecule has 0 N–H and O–H groups in total. The van der Waals surface area contributed by atoms with Crippen LogP contribution in [-0.4, -0.2) is 56.2 Å². The molecule has 2 aromatic carbocycles. The van der Waals surface area contributed by atoms with Gasteiger partial charge >= 0.3 is 0 Å². The fourth-order valence-electron chi connectivity index (χ4n) is 5.79. The molecule has 1 spiro atoms. The van der Waals surface area contributed by atoms with Crippen LogP contribution in [0.2, 0.25) is 0 Å². The Hall–Kier alpha value is -1.73. The fraction of sp³-hybridized carbons (Fsp3) is 0.478. The van der Waals surface area contributed by atoms with Crippen LogP contribution in [0.15, 0.2) is 65.6 Å². The van der Waals surface area contributed by atoms with Crippen molar-refractivity contribution < 1.29 is 17.9 Å². The van der Waals surface area contributed by atoms with E-state index in [0.29, 0.717) is 31.0 Å². The second-order valence-electron chi connectivity index (χ2n) is 8.49. The predicted molar refractivity (Wildman–Crippen MR) is 110 cm³/mol. The van der Waals surface area contributed by atoms with E-state index in [2.05, 4.69) is 4.90 Å². The van der Waals surface area contributed by atoms with E-state index in [1.54, 1.807) is 24.3 Å².